The molecule has 28 heavy (non-hydrogen) atoms. The van der Waals surface area contributed by atoms with Gasteiger partial charge in [0, 0.05) is 30.9 Å². The number of nitrogens with one attached hydrogen (secondary N) is 1. The predicted octanol–water partition coefficient (Wildman–Crippen LogP) is 2.56. The Labute approximate surface area is 162 Å². The maximum absolute atomic E-state index is 12.6. The van der Waals surface area contributed by atoms with Gasteiger partial charge in [0.2, 0.25) is 5.88 Å². The summed E-state index contributed by atoms with van der Waals surface area (Å²) < 4.78 is 5.99. The number of imide groups is 1. The summed E-state index contributed by atoms with van der Waals surface area (Å²) in [6.07, 6.45) is 6.24. The Bertz CT molecular complexity index is 950. The minimum Gasteiger partial charge on any atom is -0.474 e. The van der Waals surface area contributed by atoms with E-state index in [1.54, 1.807) is 18.3 Å². The van der Waals surface area contributed by atoms with Gasteiger partial charge in [-0.2, -0.15) is 0 Å². The van der Waals surface area contributed by atoms with Gasteiger partial charge in [-0.3, -0.25) is 19.3 Å². The molecular weight excluding hydrogens is 358 g/mol. The summed E-state index contributed by atoms with van der Waals surface area (Å²) >= 11 is 0. The average Bonchev–Trinajstić information content (AvgIpc) is 3.30. The van der Waals surface area contributed by atoms with Crippen LogP contribution >= 0.6 is 0 Å². The van der Waals surface area contributed by atoms with Crippen molar-refractivity contribution in [1.82, 2.24) is 15.2 Å². The van der Waals surface area contributed by atoms with E-state index in [9.17, 15) is 14.4 Å². The molecular formula is C21H21N3O4. The highest BCUT2D eigenvalue weighted by molar-refractivity contribution is 6.21. The minimum atomic E-state index is -0.394. The van der Waals surface area contributed by atoms with E-state index in [1.807, 2.05) is 6.07 Å². The summed E-state index contributed by atoms with van der Waals surface area (Å²) in [5.41, 5.74) is 1.71. The van der Waals surface area contributed by atoms with Gasteiger partial charge in [0.1, 0.15) is 6.10 Å². The molecule has 2 aliphatic rings. The maximum atomic E-state index is 12.6. The van der Waals surface area contributed by atoms with E-state index in [0.717, 1.165) is 36.1 Å². The summed E-state index contributed by atoms with van der Waals surface area (Å²) in [7, 11) is 1.43. The smallest absolute Gasteiger partial charge is 0.261 e. The zero-order valence-electron chi connectivity index (χ0n) is 15.6. The number of pyridine rings is 1. The number of aromatic nitrogens is 1. The topological polar surface area (TPSA) is 88.6 Å². The maximum Gasteiger partial charge on any atom is 0.261 e. The predicted molar refractivity (Wildman–Crippen MR) is 101 cm³/mol. The van der Waals surface area contributed by atoms with Crippen molar-refractivity contribution in [3.63, 3.8) is 0 Å². The molecule has 1 fully saturated rings. The van der Waals surface area contributed by atoms with Crippen LogP contribution in [-0.2, 0) is 6.54 Å². The standard InChI is InChI=1S/C21H21N3O4/c1-24-20(26)16-9-8-13(11-17(16)21(24)27)18(25)23-12-14-5-4-10-22-19(14)28-15-6-2-3-7-15/h4-5,8-11,15H,2-3,6-7,12H2,1H3,(H,23,25). The molecule has 1 N–H and O–H groups in total. The van der Waals surface area contributed by atoms with Gasteiger partial charge in [-0.05, 0) is 49.9 Å². The fourth-order valence-electron chi connectivity index (χ4n) is 3.61. The van der Waals surface area contributed by atoms with Crippen LogP contribution in [0.5, 0.6) is 5.88 Å². The molecule has 0 bridgehead atoms. The first-order chi connectivity index (χ1) is 13.5. The number of amides is 3. The van der Waals surface area contributed by atoms with E-state index >= 15 is 0 Å². The number of carbonyl (C=O) groups excluding carboxylic acids is 3. The van der Waals surface area contributed by atoms with E-state index in [1.165, 1.54) is 19.2 Å². The number of fused-ring (bicyclic) bond motifs is 1. The van der Waals surface area contributed by atoms with Crippen molar-refractivity contribution in [2.45, 2.75) is 38.3 Å². The normalized spacial score (nSPS) is 16.4. The highest BCUT2D eigenvalue weighted by Gasteiger charge is 2.33. The monoisotopic (exact) mass is 379 g/mol. The van der Waals surface area contributed by atoms with Crippen LogP contribution in [0, 0.1) is 0 Å². The second kappa shape index (κ2) is 7.42. The number of nitrogens with zero attached hydrogens (tertiary/aromatic N) is 2. The quantitative estimate of drug-likeness (QED) is 0.807. The molecule has 0 spiro atoms. The number of hydrogen-bond donors (Lipinski definition) is 1. The molecule has 7 nitrogen and oxygen atoms in total. The Morgan fingerprint density at radius 1 is 1.18 bits per heavy atom. The number of rotatable bonds is 5. The third kappa shape index (κ3) is 3.35. The Morgan fingerprint density at radius 2 is 1.93 bits per heavy atom. The second-order valence-corrected chi connectivity index (χ2v) is 7.10. The van der Waals surface area contributed by atoms with Gasteiger partial charge in [-0.1, -0.05) is 6.07 Å². The summed E-state index contributed by atoms with van der Waals surface area (Å²) in [6.45, 7) is 0.262. The molecule has 1 aromatic heterocycles. The highest BCUT2D eigenvalue weighted by Crippen LogP contribution is 2.25. The van der Waals surface area contributed by atoms with Gasteiger partial charge in [-0.25, -0.2) is 4.98 Å². The van der Waals surface area contributed by atoms with Crippen molar-refractivity contribution in [2.24, 2.45) is 0 Å². The Kier molecular flexibility index (Phi) is 4.81. The molecule has 1 aliphatic heterocycles. The van der Waals surface area contributed by atoms with Gasteiger partial charge in [0.05, 0.1) is 11.1 Å². The lowest BCUT2D eigenvalue weighted by Gasteiger charge is -2.15. The molecule has 144 valence electrons. The fraction of sp³-hybridized carbons (Fsp3) is 0.333. The summed E-state index contributed by atoms with van der Waals surface area (Å²) in [6, 6.07) is 8.22. The van der Waals surface area contributed by atoms with Crippen molar-refractivity contribution < 1.29 is 19.1 Å². The van der Waals surface area contributed by atoms with E-state index in [4.69, 9.17) is 4.74 Å². The summed E-state index contributed by atoms with van der Waals surface area (Å²) in [5.74, 6) is -0.524. The lowest BCUT2D eigenvalue weighted by atomic mass is 10.1. The van der Waals surface area contributed by atoms with Crippen LogP contribution in [0.1, 0.15) is 62.3 Å². The van der Waals surface area contributed by atoms with Gasteiger partial charge in [-0.15, -0.1) is 0 Å². The molecule has 0 saturated heterocycles. The van der Waals surface area contributed by atoms with E-state index in [2.05, 4.69) is 10.3 Å². The van der Waals surface area contributed by atoms with Crippen LogP contribution in [0.3, 0.4) is 0 Å². The van der Waals surface area contributed by atoms with Crippen LogP contribution < -0.4 is 10.1 Å². The van der Waals surface area contributed by atoms with E-state index in [-0.39, 0.29) is 30.0 Å². The van der Waals surface area contributed by atoms with Crippen molar-refractivity contribution in [3.8, 4) is 5.88 Å². The van der Waals surface area contributed by atoms with Crippen molar-refractivity contribution in [3.05, 3.63) is 58.8 Å². The average molecular weight is 379 g/mol. The van der Waals surface area contributed by atoms with Crippen LogP contribution in [-0.4, -0.2) is 40.8 Å². The third-order valence-electron chi connectivity index (χ3n) is 5.22. The lowest BCUT2D eigenvalue weighted by molar-refractivity contribution is 0.0693. The van der Waals surface area contributed by atoms with Crippen molar-refractivity contribution in [1.29, 1.82) is 0 Å². The number of benzene rings is 1. The van der Waals surface area contributed by atoms with E-state index in [0.29, 0.717) is 17.0 Å². The van der Waals surface area contributed by atoms with Crippen LogP contribution in [0.25, 0.3) is 0 Å². The second-order valence-electron chi connectivity index (χ2n) is 7.10. The molecule has 0 radical (unpaired) electrons. The molecule has 1 aromatic carbocycles. The molecule has 4 rings (SSSR count). The van der Waals surface area contributed by atoms with Crippen molar-refractivity contribution in [2.75, 3.05) is 7.05 Å². The molecule has 2 heterocycles. The van der Waals surface area contributed by atoms with Gasteiger partial charge >= 0.3 is 0 Å². The first kappa shape index (κ1) is 18.2. The fourth-order valence-corrected chi connectivity index (χ4v) is 3.61. The lowest BCUT2D eigenvalue weighted by Crippen LogP contribution is -2.24. The SMILES string of the molecule is CN1C(=O)c2ccc(C(=O)NCc3cccnc3OC3CCCC3)cc2C1=O. The zero-order chi connectivity index (χ0) is 19.7. The highest BCUT2D eigenvalue weighted by atomic mass is 16.5. The van der Waals surface area contributed by atoms with E-state index < -0.39 is 5.91 Å². The van der Waals surface area contributed by atoms with Crippen LogP contribution in [0.15, 0.2) is 36.5 Å². The number of carbonyl (C=O) groups is 3. The number of hydrogen-bond acceptors (Lipinski definition) is 5. The molecule has 1 saturated carbocycles. The van der Waals surface area contributed by atoms with Crippen LogP contribution in [0.4, 0.5) is 0 Å². The molecule has 1 aliphatic carbocycles. The summed E-state index contributed by atoms with van der Waals surface area (Å²) in [5, 5.41) is 2.84. The largest absolute Gasteiger partial charge is 0.474 e. The molecule has 0 unspecified atom stereocenters. The Morgan fingerprint density at radius 3 is 2.71 bits per heavy atom. The van der Waals surface area contributed by atoms with Gasteiger partial charge in [0.25, 0.3) is 17.7 Å². The molecule has 2 aromatic rings. The number of ether oxygens (including phenoxy) is 1. The summed E-state index contributed by atoms with van der Waals surface area (Å²) in [4.78, 5) is 42.0. The molecule has 7 heteroatoms. The Hall–Kier alpha value is -3.22. The first-order valence-corrected chi connectivity index (χ1v) is 9.40. The molecule has 3 amide bonds. The minimum absolute atomic E-state index is 0.182. The van der Waals surface area contributed by atoms with Crippen LogP contribution in [0.2, 0.25) is 0 Å². The first-order valence-electron chi connectivity index (χ1n) is 9.40. The van der Waals surface area contributed by atoms with Gasteiger partial charge < -0.3 is 10.1 Å². The zero-order valence-corrected chi connectivity index (χ0v) is 15.6. The van der Waals surface area contributed by atoms with Gasteiger partial charge in [0.15, 0.2) is 0 Å². The van der Waals surface area contributed by atoms with Crippen molar-refractivity contribution >= 4 is 17.7 Å². The molecule has 0 atom stereocenters. The third-order valence-corrected chi connectivity index (χ3v) is 5.22. The Balaban J connectivity index is 1.46.